The van der Waals surface area contributed by atoms with Gasteiger partial charge >= 0.3 is 5.51 Å². The summed E-state index contributed by atoms with van der Waals surface area (Å²) < 4.78 is 58.9. The molecule has 0 bridgehead atoms. The Morgan fingerprint density at radius 2 is 1.41 bits per heavy atom. The molecule has 0 aliphatic heterocycles. The molecule has 0 aromatic heterocycles. The molecule has 0 heterocycles. The van der Waals surface area contributed by atoms with Gasteiger partial charge in [0.1, 0.15) is 11.5 Å². The van der Waals surface area contributed by atoms with Crippen LogP contribution in [0.15, 0.2) is 47.4 Å². The van der Waals surface area contributed by atoms with E-state index in [4.69, 9.17) is 13.0 Å². The zero-order valence-electron chi connectivity index (χ0n) is 15.5. The van der Waals surface area contributed by atoms with E-state index in [1.807, 2.05) is 0 Å². The Balaban J connectivity index is 0.000000387. The molecule has 0 atom stereocenters. The average Bonchev–Trinajstić information content (AvgIpc) is 2.60. The summed E-state index contributed by atoms with van der Waals surface area (Å²) >= 11 is 0. The van der Waals surface area contributed by atoms with Gasteiger partial charge in [-0.15, -0.1) is 0 Å². The van der Waals surface area contributed by atoms with Crippen LogP contribution in [-0.2, 0) is 21.0 Å². The highest BCUT2D eigenvalue weighted by Gasteiger charge is 2.36. The molecule has 0 N–H and O–H groups in total. The van der Waals surface area contributed by atoms with Crippen LogP contribution >= 0.6 is 0 Å². The molecule has 0 radical (unpaired) electrons. The van der Waals surface area contributed by atoms with Gasteiger partial charge in [0.05, 0.1) is 0 Å². The predicted octanol–water partition coefficient (Wildman–Crippen LogP) is 5.47. The lowest BCUT2D eigenvalue weighted by Crippen LogP contribution is -2.21. The zero-order chi connectivity index (χ0) is 20.5. The van der Waals surface area contributed by atoms with E-state index in [2.05, 4.69) is 56.3 Å². The Morgan fingerprint density at radius 1 is 0.926 bits per heavy atom. The number of hydrogen-bond donors (Lipinski definition) is 0. The molecule has 0 unspecified atom stereocenters. The summed E-state index contributed by atoms with van der Waals surface area (Å²) in [6.07, 6.45) is 5.33. The first-order chi connectivity index (χ1) is 12.6. The second-order valence-corrected chi connectivity index (χ2v) is 9.60. The summed E-state index contributed by atoms with van der Waals surface area (Å²) in [7, 11) is -5.65. The molecule has 2 aromatic rings. The van der Waals surface area contributed by atoms with Gasteiger partial charge in [0.25, 0.3) is 0 Å². The van der Waals surface area contributed by atoms with Crippen LogP contribution < -0.4 is 0 Å². The predicted molar refractivity (Wildman–Crippen MR) is 105 cm³/mol. The second-order valence-electron chi connectivity index (χ2n) is 5.99. The first-order valence-electron chi connectivity index (χ1n) is 8.79. The maximum absolute atomic E-state index is 10.7. The highest BCUT2D eigenvalue weighted by Crippen LogP contribution is 2.26. The van der Waals surface area contributed by atoms with Crippen molar-refractivity contribution in [2.75, 3.05) is 11.5 Å². The minimum Gasteiger partial charge on any atom is -0.741 e. The SMILES string of the molecule is CCCC[S+](CCCC)c1cccc2ccccc12.O=S(=O)([O-])C(F)(F)F. The molecule has 27 heavy (non-hydrogen) atoms. The van der Waals surface area contributed by atoms with E-state index in [0.29, 0.717) is 10.9 Å². The van der Waals surface area contributed by atoms with Gasteiger partial charge in [-0.3, -0.25) is 0 Å². The van der Waals surface area contributed by atoms with Crippen molar-refractivity contribution >= 4 is 31.8 Å². The zero-order valence-corrected chi connectivity index (χ0v) is 17.1. The molecule has 0 spiro atoms. The van der Waals surface area contributed by atoms with Crippen LogP contribution in [0.2, 0.25) is 0 Å². The van der Waals surface area contributed by atoms with Crippen molar-refractivity contribution in [2.24, 2.45) is 0 Å². The summed E-state index contributed by atoms with van der Waals surface area (Å²) in [6.45, 7) is 4.59. The van der Waals surface area contributed by atoms with E-state index in [0.717, 1.165) is 0 Å². The smallest absolute Gasteiger partial charge is 0.485 e. The molecule has 2 rings (SSSR count). The molecule has 8 heteroatoms. The number of fused-ring (bicyclic) bond motifs is 1. The fraction of sp³-hybridized carbons (Fsp3) is 0.474. The lowest BCUT2D eigenvalue weighted by Gasteiger charge is -2.10. The van der Waals surface area contributed by atoms with Crippen LogP contribution in [0.25, 0.3) is 10.8 Å². The Bertz CT molecular complexity index is 792. The van der Waals surface area contributed by atoms with Crippen molar-refractivity contribution in [3.63, 3.8) is 0 Å². The highest BCUT2D eigenvalue weighted by molar-refractivity contribution is 7.97. The molecule has 0 fully saturated rings. The minimum absolute atomic E-state index is 0.438. The Morgan fingerprint density at radius 3 is 1.89 bits per heavy atom. The molecule has 0 saturated carbocycles. The van der Waals surface area contributed by atoms with E-state index >= 15 is 0 Å². The third kappa shape index (κ3) is 7.71. The summed E-state index contributed by atoms with van der Waals surface area (Å²) in [6, 6.07) is 15.7. The van der Waals surface area contributed by atoms with Crippen LogP contribution in [-0.4, -0.2) is 30.0 Å². The molecule has 0 amide bonds. The van der Waals surface area contributed by atoms with Crippen LogP contribution in [0.1, 0.15) is 39.5 Å². The maximum atomic E-state index is 10.7. The van der Waals surface area contributed by atoms with Crippen molar-refractivity contribution < 1.29 is 26.1 Å². The van der Waals surface area contributed by atoms with Crippen LogP contribution in [0.3, 0.4) is 0 Å². The van der Waals surface area contributed by atoms with Crippen molar-refractivity contribution in [2.45, 2.75) is 49.9 Å². The quantitative estimate of drug-likeness (QED) is 0.338. The minimum atomic E-state index is -6.09. The third-order valence-corrected chi connectivity index (χ3v) is 6.94. The summed E-state index contributed by atoms with van der Waals surface area (Å²) in [5.74, 6) is 2.73. The topological polar surface area (TPSA) is 57.2 Å². The molecule has 2 aromatic carbocycles. The molecular formula is C19H25F3O3S2. The summed E-state index contributed by atoms with van der Waals surface area (Å²) in [5.41, 5.74) is -5.65. The molecule has 0 aliphatic rings. The normalized spacial score (nSPS) is 12.1. The molecule has 0 saturated heterocycles. The van der Waals surface area contributed by atoms with E-state index in [1.54, 1.807) is 4.90 Å². The highest BCUT2D eigenvalue weighted by atomic mass is 32.2. The lowest BCUT2D eigenvalue weighted by molar-refractivity contribution is -0.0517. The van der Waals surface area contributed by atoms with Crippen LogP contribution in [0, 0.1) is 0 Å². The number of halogens is 3. The number of hydrogen-bond acceptors (Lipinski definition) is 3. The average molecular weight is 423 g/mol. The van der Waals surface area contributed by atoms with Crippen molar-refractivity contribution in [3.05, 3.63) is 42.5 Å². The van der Waals surface area contributed by atoms with Crippen LogP contribution in [0.4, 0.5) is 13.2 Å². The fourth-order valence-corrected chi connectivity index (χ4v) is 5.09. The van der Waals surface area contributed by atoms with Crippen molar-refractivity contribution in [1.82, 2.24) is 0 Å². The number of benzene rings is 2. The molecule has 3 nitrogen and oxygen atoms in total. The largest absolute Gasteiger partial charge is 0.741 e. The Labute approximate surface area is 162 Å². The molecule has 152 valence electrons. The first kappa shape index (κ1) is 23.8. The van der Waals surface area contributed by atoms with E-state index in [1.165, 1.54) is 48.0 Å². The van der Waals surface area contributed by atoms with Crippen LogP contribution in [0.5, 0.6) is 0 Å². The third-order valence-electron chi connectivity index (χ3n) is 3.83. The summed E-state index contributed by atoms with van der Waals surface area (Å²) in [4.78, 5) is 1.60. The Kier molecular flexibility index (Phi) is 9.62. The van der Waals surface area contributed by atoms with Gasteiger partial charge in [0.15, 0.2) is 15.0 Å². The van der Waals surface area contributed by atoms with Crippen molar-refractivity contribution in [3.8, 4) is 0 Å². The number of rotatable bonds is 7. The van der Waals surface area contributed by atoms with Gasteiger partial charge in [0, 0.05) is 16.3 Å². The van der Waals surface area contributed by atoms with E-state index < -0.39 is 15.6 Å². The van der Waals surface area contributed by atoms with Gasteiger partial charge in [-0.05, 0) is 30.4 Å². The molecular weight excluding hydrogens is 397 g/mol. The van der Waals surface area contributed by atoms with Gasteiger partial charge in [-0.1, -0.05) is 57.0 Å². The maximum Gasteiger partial charge on any atom is 0.485 e. The van der Waals surface area contributed by atoms with E-state index in [9.17, 15) is 13.2 Å². The van der Waals surface area contributed by atoms with E-state index in [-0.39, 0.29) is 0 Å². The fourth-order valence-electron chi connectivity index (χ4n) is 2.41. The van der Waals surface area contributed by atoms with Gasteiger partial charge in [0.2, 0.25) is 0 Å². The van der Waals surface area contributed by atoms with Gasteiger partial charge < -0.3 is 4.55 Å². The standard InChI is InChI=1S/C18H25S.CHF3O3S/c1-3-5-14-19(15-6-4-2)18-13-9-11-16-10-7-8-12-17(16)18;2-1(3,4)8(5,6)7/h7-13H,3-6,14-15H2,1-2H3;(H,5,6,7)/q+1;/p-1. The van der Waals surface area contributed by atoms with Crippen molar-refractivity contribution in [1.29, 1.82) is 0 Å². The summed E-state index contributed by atoms with van der Waals surface area (Å²) in [5, 5.41) is 2.87. The second kappa shape index (κ2) is 10.9. The Hall–Kier alpha value is -1.25. The number of alkyl halides is 3. The molecule has 0 aliphatic carbocycles. The number of unbranched alkanes of at least 4 members (excludes halogenated alkanes) is 2. The first-order valence-corrected chi connectivity index (χ1v) is 11.8. The van der Waals surface area contributed by atoms with Gasteiger partial charge in [-0.2, -0.15) is 13.2 Å². The monoisotopic (exact) mass is 422 g/mol. The lowest BCUT2D eigenvalue weighted by atomic mass is 10.1. The van der Waals surface area contributed by atoms with Gasteiger partial charge in [-0.25, -0.2) is 8.42 Å².